The average molecular weight is 949 g/mol. The SMILES string of the molecule is COc1ccc(CN(Cc2ccc(OC)cc2)c2ncccc2C(C)N2C=C(OC[C@@]34CCCN3C[C@H](F)C4)Oc3c(F)c(-c4cccc5sc(NC(=O)O)nc45)c(Cl)c4c3C2=NCN4)cc1. The molecule has 6 aromatic rings. The number of thiazole rings is 1. The van der Waals surface area contributed by atoms with E-state index in [0.717, 1.165) is 58.9 Å². The van der Waals surface area contributed by atoms with Crippen LogP contribution in [0.4, 0.5) is 30.2 Å². The highest BCUT2D eigenvalue weighted by Gasteiger charge is 2.50. The second kappa shape index (κ2) is 18.2. The van der Waals surface area contributed by atoms with Crippen molar-refractivity contribution in [1.82, 2.24) is 19.8 Å². The van der Waals surface area contributed by atoms with Crippen LogP contribution in [0.5, 0.6) is 17.2 Å². The Morgan fingerprint density at radius 3 is 2.49 bits per heavy atom. The first kappa shape index (κ1) is 44.2. The number of alkyl halides is 1. The number of pyridine rings is 1. The van der Waals surface area contributed by atoms with Crippen molar-refractivity contribution in [3.8, 4) is 28.4 Å². The van der Waals surface area contributed by atoms with Crippen LogP contribution in [-0.2, 0) is 17.8 Å². The van der Waals surface area contributed by atoms with Crippen LogP contribution in [0, 0.1) is 5.82 Å². The number of ether oxygens (including phenoxy) is 4. The van der Waals surface area contributed by atoms with E-state index in [1.165, 1.54) is 0 Å². The number of aliphatic imine (C=N–C) groups is 1. The lowest BCUT2D eigenvalue weighted by molar-refractivity contribution is 0.0257. The number of amides is 1. The molecule has 2 aromatic heterocycles. The number of fused-ring (bicyclic) bond motifs is 2. The fourth-order valence-electron chi connectivity index (χ4n) is 9.73. The highest BCUT2D eigenvalue weighted by Crippen LogP contribution is 2.51. The first-order valence-electron chi connectivity index (χ1n) is 21.9. The lowest BCUT2D eigenvalue weighted by Crippen LogP contribution is -2.42. The minimum atomic E-state index is -1.28. The number of methoxy groups -OCH3 is 2. The van der Waals surface area contributed by atoms with Crippen LogP contribution in [0.1, 0.15) is 54.5 Å². The molecule has 4 aliphatic rings. The van der Waals surface area contributed by atoms with E-state index < -0.39 is 29.7 Å². The van der Waals surface area contributed by atoms with Gasteiger partial charge < -0.3 is 39.2 Å². The molecule has 2 saturated heterocycles. The molecule has 0 spiro atoms. The Kier molecular flexibility index (Phi) is 12.0. The lowest BCUT2D eigenvalue weighted by Gasteiger charge is -2.34. The largest absolute Gasteiger partial charge is 0.497 e. The van der Waals surface area contributed by atoms with Crippen molar-refractivity contribution in [3.05, 3.63) is 130 Å². The van der Waals surface area contributed by atoms with Gasteiger partial charge in [-0.05, 0) is 73.8 Å². The van der Waals surface area contributed by atoms with Gasteiger partial charge in [0.2, 0.25) is 0 Å². The first-order chi connectivity index (χ1) is 32.5. The summed E-state index contributed by atoms with van der Waals surface area (Å²) >= 11 is 8.42. The molecule has 0 radical (unpaired) electrons. The van der Waals surface area contributed by atoms with Crippen LogP contribution in [0.15, 0.2) is 102 Å². The third kappa shape index (κ3) is 8.40. The summed E-state index contributed by atoms with van der Waals surface area (Å²) in [7, 11) is 3.28. The third-order valence-electron chi connectivity index (χ3n) is 12.9. The highest BCUT2D eigenvalue weighted by molar-refractivity contribution is 7.22. The smallest absolute Gasteiger partial charge is 0.410 e. The van der Waals surface area contributed by atoms with Crippen molar-refractivity contribution >= 4 is 61.7 Å². The maximum atomic E-state index is 17.8. The van der Waals surface area contributed by atoms with Crippen molar-refractivity contribution in [2.24, 2.45) is 4.99 Å². The predicted molar refractivity (Wildman–Crippen MR) is 255 cm³/mol. The zero-order chi connectivity index (χ0) is 46.4. The van der Waals surface area contributed by atoms with Gasteiger partial charge in [-0.25, -0.2) is 28.5 Å². The van der Waals surface area contributed by atoms with E-state index in [9.17, 15) is 9.90 Å². The van der Waals surface area contributed by atoms with Crippen LogP contribution in [0.25, 0.3) is 21.3 Å². The molecule has 4 aromatic carbocycles. The first-order valence-corrected chi connectivity index (χ1v) is 23.1. The summed E-state index contributed by atoms with van der Waals surface area (Å²) in [5, 5.41) is 15.2. The summed E-state index contributed by atoms with van der Waals surface area (Å²) in [6.07, 6.45) is 3.17. The number of hydrogen-bond acceptors (Lipinski definition) is 13. The summed E-state index contributed by atoms with van der Waals surface area (Å²) in [5.74, 6) is 1.58. The summed E-state index contributed by atoms with van der Waals surface area (Å²) < 4.78 is 57.7. The fourth-order valence-corrected chi connectivity index (χ4v) is 11.0. The van der Waals surface area contributed by atoms with E-state index in [2.05, 4.69) is 25.4 Å². The average Bonchev–Trinajstić information content (AvgIpc) is 3.98. The minimum Gasteiger partial charge on any atom is -0.497 e. The number of halogens is 3. The Bertz CT molecular complexity index is 2870. The highest BCUT2D eigenvalue weighted by atomic mass is 35.5. The van der Waals surface area contributed by atoms with Gasteiger partial charge in [-0.1, -0.05) is 65.4 Å². The standard InChI is InChI=1S/C49H47ClF2N8O6S/c1-28(34-8-5-19-53-45(34)58(22-29-10-14-32(63-2)15-11-29)23-30-12-16-33(64-3)17-13-30)60-25-37(65-26-49-18-6-20-59(49)24-31(51)21-49)66-44-39-43(54-27-55-46(39)60)40(50)38(41(44)52)35-7-4-9-36-42(35)56-47(67-36)57-48(61)62/h4-5,7-17,19,25,28,31,54H,6,18,20-24,26-27H2,1-3H3,(H,56,57)(H,61,62)/t28?,31-,49+/m1/s1. The molecule has 14 nitrogen and oxygen atoms in total. The Morgan fingerprint density at radius 2 is 1.79 bits per heavy atom. The number of benzene rings is 4. The Hall–Kier alpha value is -6.69. The number of carbonyl (C=O) groups is 1. The zero-order valence-corrected chi connectivity index (χ0v) is 38.5. The van der Waals surface area contributed by atoms with Gasteiger partial charge in [0.05, 0.1) is 58.5 Å². The van der Waals surface area contributed by atoms with Gasteiger partial charge in [0.15, 0.2) is 16.7 Å². The maximum Gasteiger partial charge on any atom is 0.410 e. The molecular weight excluding hydrogens is 902 g/mol. The monoisotopic (exact) mass is 948 g/mol. The molecule has 0 bridgehead atoms. The number of para-hydroxylation sites is 1. The van der Waals surface area contributed by atoms with Gasteiger partial charge in [0.25, 0.3) is 0 Å². The van der Waals surface area contributed by atoms with E-state index in [4.69, 9.17) is 40.5 Å². The van der Waals surface area contributed by atoms with Gasteiger partial charge in [-0.3, -0.25) is 10.2 Å². The Labute approximate surface area is 394 Å². The zero-order valence-electron chi connectivity index (χ0n) is 36.9. The summed E-state index contributed by atoms with van der Waals surface area (Å²) in [6.45, 7) is 4.30. The molecule has 2 fully saturated rings. The van der Waals surface area contributed by atoms with Crippen molar-refractivity contribution in [3.63, 3.8) is 0 Å². The Morgan fingerprint density at radius 1 is 1.06 bits per heavy atom. The second-order valence-electron chi connectivity index (χ2n) is 17.0. The van der Waals surface area contributed by atoms with E-state index in [1.807, 2.05) is 72.5 Å². The number of nitrogens with zero attached hydrogens (tertiary/aromatic N) is 6. The van der Waals surface area contributed by atoms with E-state index in [1.54, 1.807) is 44.8 Å². The number of amidine groups is 1. The van der Waals surface area contributed by atoms with Crippen LogP contribution >= 0.6 is 22.9 Å². The molecule has 1 unspecified atom stereocenters. The third-order valence-corrected chi connectivity index (χ3v) is 14.2. The molecule has 6 heterocycles. The van der Waals surface area contributed by atoms with Gasteiger partial charge >= 0.3 is 12.0 Å². The summed E-state index contributed by atoms with van der Waals surface area (Å²) in [6, 6.07) is 24.4. The number of aromatic nitrogens is 2. The molecule has 3 atom stereocenters. The molecule has 0 saturated carbocycles. The van der Waals surface area contributed by atoms with Crippen LogP contribution in [0.2, 0.25) is 5.02 Å². The normalized spacial score (nSPS) is 19.0. The number of rotatable bonds is 14. The molecule has 10 rings (SSSR count). The number of carboxylic acid groups (broad SMARTS) is 1. The second-order valence-corrected chi connectivity index (χ2v) is 18.4. The van der Waals surface area contributed by atoms with E-state index in [-0.39, 0.29) is 46.3 Å². The van der Waals surface area contributed by atoms with E-state index >= 15 is 8.78 Å². The summed E-state index contributed by atoms with van der Waals surface area (Å²) in [5.41, 5.74) is 3.69. The predicted octanol–water partition coefficient (Wildman–Crippen LogP) is 10.4. The van der Waals surface area contributed by atoms with Crippen molar-refractivity contribution in [1.29, 1.82) is 0 Å². The summed E-state index contributed by atoms with van der Waals surface area (Å²) in [4.78, 5) is 32.3. The number of hydrogen-bond donors (Lipinski definition) is 3. The lowest BCUT2D eigenvalue weighted by atomic mass is 9.95. The molecule has 67 heavy (non-hydrogen) atoms. The van der Waals surface area contributed by atoms with Gasteiger partial charge in [-0.2, -0.15) is 0 Å². The molecule has 3 N–H and O–H groups in total. The topological polar surface area (TPSA) is 146 Å². The van der Waals surface area contributed by atoms with Crippen molar-refractivity contribution in [2.75, 3.05) is 56.1 Å². The van der Waals surface area contributed by atoms with Gasteiger partial charge in [-0.15, -0.1) is 0 Å². The van der Waals surface area contributed by atoms with Crippen LogP contribution in [0.3, 0.4) is 0 Å². The van der Waals surface area contributed by atoms with Crippen LogP contribution in [-0.4, -0.2) is 89.1 Å². The molecule has 18 heteroatoms. The molecule has 1 amide bonds. The fraction of sp³-hybridized carbons (Fsp3) is 0.306. The van der Waals surface area contributed by atoms with Crippen LogP contribution < -0.4 is 29.7 Å². The van der Waals surface area contributed by atoms with Crippen molar-refractivity contribution in [2.45, 2.75) is 57.0 Å². The molecular formula is C49H47ClF2N8O6S. The Balaban J connectivity index is 1.09. The quantitative estimate of drug-likeness (QED) is 0.0955. The molecule has 4 aliphatic heterocycles. The van der Waals surface area contributed by atoms with Gasteiger partial charge in [0.1, 0.15) is 42.6 Å². The van der Waals surface area contributed by atoms with Gasteiger partial charge in [0, 0.05) is 48.9 Å². The van der Waals surface area contributed by atoms with Crippen molar-refractivity contribution < 1.29 is 37.6 Å². The molecule has 346 valence electrons. The maximum absolute atomic E-state index is 17.8. The molecule has 0 aliphatic carbocycles. The van der Waals surface area contributed by atoms with E-state index in [0.29, 0.717) is 59.2 Å². The minimum absolute atomic E-state index is 0.00154. The number of nitrogens with one attached hydrogen (secondary N) is 2. The number of anilines is 3.